The van der Waals surface area contributed by atoms with E-state index < -0.39 is 0 Å². The summed E-state index contributed by atoms with van der Waals surface area (Å²) in [6.07, 6.45) is 0. The topological polar surface area (TPSA) is 61.7 Å². The third kappa shape index (κ3) is 1.58. The van der Waals surface area contributed by atoms with Gasteiger partial charge in [-0.2, -0.15) is 0 Å². The fourth-order valence-electron chi connectivity index (χ4n) is 3.24. The number of fused-ring (bicyclic) bond motifs is 5. The van der Waals surface area contributed by atoms with E-state index in [1.54, 1.807) is 6.07 Å². The van der Waals surface area contributed by atoms with E-state index in [0.717, 1.165) is 12.1 Å². The van der Waals surface area contributed by atoms with Crippen molar-refractivity contribution in [3.63, 3.8) is 0 Å². The van der Waals surface area contributed by atoms with E-state index in [2.05, 4.69) is 17.4 Å². The van der Waals surface area contributed by atoms with E-state index in [0.29, 0.717) is 12.4 Å². The number of ether oxygens (including phenoxy) is 1. The standard InChI is InChI=1S/C16H15NO3/c18-13-5-11-15(6-14(13)19)20-8-12-16(11)10-4-2-1-3-9(10)7-17-12/h1-6,12,16-19H,7-8H2/t12-,16+/m1/s1. The maximum Gasteiger partial charge on any atom is 0.161 e. The molecule has 2 heterocycles. The van der Waals surface area contributed by atoms with Crippen LogP contribution in [0.4, 0.5) is 0 Å². The van der Waals surface area contributed by atoms with Gasteiger partial charge >= 0.3 is 0 Å². The fraction of sp³-hybridized carbons (Fsp3) is 0.250. The Morgan fingerprint density at radius 1 is 1.05 bits per heavy atom. The van der Waals surface area contributed by atoms with Crippen molar-refractivity contribution in [3.05, 3.63) is 53.1 Å². The minimum absolute atomic E-state index is 0.101. The molecule has 4 rings (SSSR count). The average molecular weight is 269 g/mol. The molecule has 2 atom stereocenters. The Hall–Kier alpha value is -2.20. The second-order valence-corrected chi connectivity index (χ2v) is 5.35. The summed E-state index contributed by atoms with van der Waals surface area (Å²) in [6.45, 7) is 1.40. The number of phenolic OH excluding ortho intramolecular Hbond substituents is 2. The van der Waals surface area contributed by atoms with E-state index in [1.807, 2.05) is 12.1 Å². The molecule has 2 aliphatic heterocycles. The lowest BCUT2D eigenvalue weighted by Crippen LogP contribution is -2.46. The summed E-state index contributed by atoms with van der Waals surface area (Å²) in [6, 6.07) is 11.6. The molecule has 0 fully saturated rings. The van der Waals surface area contributed by atoms with Gasteiger partial charge in [-0.25, -0.2) is 0 Å². The highest BCUT2D eigenvalue weighted by Gasteiger charge is 2.36. The summed E-state index contributed by atoms with van der Waals surface area (Å²) < 4.78 is 5.71. The molecule has 2 aromatic carbocycles. The number of rotatable bonds is 0. The maximum absolute atomic E-state index is 9.79. The van der Waals surface area contributed by atoms with Crippen LogP contribution in [0.2, 0.25) is 0 Å². The van der Waals surface area contributed by atoms with Crippen molar-refractivity contribution in [2.24, 2.45) is 0 Å². The maximum atomic E-state index is 9.79. The number of hydrogen-bond acceptors (Lipinski definition) is 4. The first kappa shape index (κ1) is 11.6. The predicted molar refractivity (Wildman–Crippen MR) is 74.2 cm³/mol. The van der Waals surface area contributed by atoms with Crippen LogP contribution in [0.15, 0.2) is 36.4 Å². The summed E-state index contributed by atoms with van der Waals surface area (Å²) in [5.74, 6) is 0.561. The SMILES string of the molecule is Oc1cc2c(cc1O)[C@@H]1c3ccccc3CN[C@@H]1CO2. The Bertz CT molecular complexity index is 683. The van der Waals surface area contributed by atoms with Crippen LogP contribution in [0.3, 0.4) is 0 Å². The molecule has 0 spiro atoms. The Morgan fingerprint density at radius 3 is 2.75 bits per heavy atom. The molecule has 0 amide bonds. The molecule has 0 bridgehead atoms. The third-order valence-electron chi connectivity index (χ3n) is 4.21. The van der Waals surface area contributed by atoms with Crippen molar-refractivity contribution in [1.82, 2.24) is 5.32 Å². The summed E-state index contributed by atoms with van der Waals surface area (Å²) >= 11 is 0. The van der Waals surface area contributed by atoms with E-state index in [1.165, 1.54) is 17.2 Å². The molecule has 0 radical (unpaired) electrons. The van der Waals surface area contributed by atoms with Gasteiger partial charge in [0.05, 0.1) is 6.04 Å². The molecule has 4 heteroatoms. The van der Waals surface area contributed by atoms with Crippen molar-refractivity contribution in [2.45, 2.75) is 18.5 Å². The summed E-state index contributed by atoms with van der Waals surface area (Å²) in [4.78, 5) is 0. The molecule has 3 N–H and O–H groups in total. The van der Waals surface area contributed by atoms with Gasteiger partial charge in [0.25, 0.3) is 0 Å². The van der Waals surface area contributed by atoms with Crippen molar-refractivity contribution in [3.8, 4) is 17.2 Å². The third-order valence-corrected chi connectivity index (χ3v) is 4.21. The van der Waals surface area contributed by atoms with Gasteiger partial charge in [-0.05, 0) is 17.2 Å². The molecule has 2 aromatic rings. The Morgan fingerprint density at radius 2 is 1.85 bits per heavy atom. The second kappa shape index (κ2) is 4.15. The lowest BCUT2D eigenvalue weighted by Gasteiger charge is -2.39. The van der Waals surface area contributed by atoms with Crippen LogP contribution in [0.5, 0.6) is 17.2 Å². The van der Waals surface area contributed by atoms with Crippen molar-refractivity contribution < 1.29 is 14.9 Å². The number of aromatic hydroxyl groups is 2. The minimum atomic E-state index is -0.140. The van der Waals surface area contributed by atoms with Gasteiger partial charge in [0.15, 0.2) is 11.5 Å². The van der Waals surface area contributed by atoms with Crippen molar-refractivity contribution in [1.29, 1.82) is 0 Å². The second-order valence-electron chi connectivity index (χ2n) is 5.35. The molecular weight excluding hydrogens is 254 g/mol. The monoisotopic (exact) mass is 269 g/mol. The van der Waals surface area contributed by atoms with Crippen LogP contribution in [-0.2, 0) is 6.54 Å². The van der Waals surface area contributed by atoms with Gasteiger partial charge in [0.1, 0.15) is 12.4 Å². The molecule has 0 aliphatic carbocycles. The molecule has 0 aromatic heterocycles. The lowest BCUT2D eigenvalue weighted by molar-refractivity contribution is 0.214. The van der Waals surface area contributed by atoms with Gasteiger partial charge in [-0.15, -0.1) is 0 Å². The van der Waals surface area contributed by atoms with Crippen molar-refractivity contribution >= 4 is 0 Å². The molecule has 0 saturated heterocycles. The van der Waals surface area contributed by atoms with E-state index >= 15 is 0 Å². The summed E-state index contributed by atoms with van der Waals surface area (Å²) in [7, 11) is 0. The van der Waals surface area contributed by atoms with Gasteiger partial charge in [0.2, 0.25) is 0 Å². The van der Waals surface area contributed by atoms with Crippen molar-refractivity contribution in [2.75, 3.05) is 6.61 Å². The Kier molecular flexibility index (Phi) is 2.41. The number of benzene rings is 2. The van der Waals surface area contributed by atoms with Crippen LogP contribution in [0.25, 0.3) is 0 Å². The number of phenols is 2. The first-order valence-electron chi connectivity index (χ1n) is 6.74. The number of nitrogens with one attached hydrogen (secondary N) is 1. The molecule has 0 saturated carbocycles. The predicted octanol–water partition coefficient (Wildman–Crippen LogP) is 2.09. The van der Waals surface area contributed by atoms with Crippen LogP contribution in [0, 0.1) is 0 Å². The molecular formula is C16H15NO3. The van der Waals surface area contributed by atoms with Gasteiger partial charge in [-0.1, -0.05) is 24.3 Å². The molecule has 20 heavy (non-hydrogen) atoms. The van der Waals surface area contributed by atoms with Gasteiger partial charge in [0, 0.05) is 24.1 Å². The average Bonchev–Trinajstić information content (AvgIpc) is 2.48. The van der Waals surface area contributed by atoms with Crippen LogP contribution in [0.1, 0.15) is 22.6 Å². The fourth-order valence-corrected chi connectivity index (χ4v) is 3.24. The molecule has 102 valence electrons. The summed E-state index contributed by atoms with van der Waals surface area (Å²) in [5, 5.41) is 22.9. The zero-order valence-electron chi connectivity index (χ0n) is 10.8. The van der Waals surface area contributed by atoms with E-state index in [4.69, 9.17) is 4.74 Å². The lowest BCUT2D eigenvalue weighted by atomic mass is 9.78. The first-order valence-corrected chi connectivity index (χ1v) is 6.74. The molecule has 4 nitrogen and oxygen atoms in total. The van der Waals surface area contributed by atoms with Gasteiger partial charge in [-0.3, -0.25) is 0 Å². The largest absolute Gasteiger partial charge is 0.504 e. The highest BCUT2D eigenvalue weighted by Crippen LogP contribution is 2.45. The van der Waals surface area contributed by atoms with Crippen LogP contribution < -0.4 is 10.1 Å². The Labute approximate surface area is 116 Å². The normalized spacial score (nSPS) is 23.2. The molecule has 2 aliphatic rings. The van der Waals surface area contributed by atoms with E-state index in [9.17, 15) is 10.2 Å². The minimum Gasteiger partial charge on any atom is -0.504 e. The first-order chi connectivity index (χ1) is 9.74. The van der Waals surface area contributed by atoms with E-state index in [-0.39, 0.29) is 23.5 Å². The smallest absolute Gasteiger partial charge is 0.161 e. The highest BCUT2D eigenvalue weighted by atomic mass is 16.5. The zero-order valence-corrected chi connectivity index (χ0v) is 10.8. The molecule has 0 unspecified atom stereocenters. The van der Waals surface area contributed by atoms with Gasteiger partial charge < -0.3 is 20.3 Å². The Balaban J connectivity index is 1.92. The zero-order chi connectivity index (χ0) is 13.7. The summed E-state index contributed by atoms with van der Waals surface area (Å²) in [5.41, 5.74) is 3.47. The highest BCUT2D eigenvalue weighted by molar-refractivity contribution is 5.55. The van der Waals surface area contributed by atoms with Crippen LogP contribution >= 0.6 is 0 Å². The van der Waals surface area contributed by atoms with Crippen LogP contribution in [-0.4, -0.2) is 22.9 Å². The quantitative estimate of drug-likeness (QED) is 0.641. The number of hydrogen-bond donors (Lipinski definition) is 3.